The van der Waals surface area contributed by atoms with Gasteiger partial charge in [0.05, 0.1) is 0 Å². The largest absolute Gasteiger partial charge is 0.566 e. The second-order valence-corrected chi connectivity index (χ2v) is 4.20. The molecule has 0 aromatic heterocycles. The molecular formula is C6H13NO7P2. The number of hydrogen-bond acceptors (Lipinski definition) is 8. The number of hydrogen-bond donors (Lipinski definition) is 2. The first kappa shape index (κ1) is 16.0. The minimum absolute atomic E-state index is 0.278. The molecule has 2 atom stereocenters. The molecule has 0 aliphatic heterocycles. The minimum Gasteiger partial charge on any atom is -0.566 e. The van der Waals surface area contributed by atoms with E-state index in [2.05, 4.69) is 9.05 Å². The van der Waals surface area contributed by atoms with Crippen molar-refractivity contribution in [2.75, 3.05) is 6.54 Å². The average molecular weight is 273 g/mol. The highest BCUT2D eigenvalue weighted by Gasteiger charge is 2.42. The van der Waals surface area contributed by atoms with E-state index in [9.17, 15) is 24.0 Å². The lowest BCUT2D eigenvalue weighted by Gasteiger charge is -2.16. The van der Waals surface area contributed by atoms with Crippen molar-refractivity contribution >= 4 is 16.5 Å². The topological polar surface area (TPSA) is 145 Å². The Bertz CT molecular complexity index is 233. The molecule has 0 amide bonds. The highest BCUT2D eigenvalue weighted by atomic mass is 31.1. The molecule has 0 fully saturated rings. The summed E-state index contributed by atoms with van der Waals surface area (Å²) in [4.78, 5) is 20.5. The summed E-state index contributed by atoms with van der Waals surface area (Å²) < 4.78 is 28.5. The third kappa shape index (κ3) is 8.15. The van der Waals surface area contributed by atoms with E-state index in [0.717, 1.165) is 0 Å². The predicted octanol–water partition coefficient (Wildman–Crippen LogP) is -0.780. The Morgan fingerprint density at radius 1 is 1.12 bits per heavy atom. The zero-order chi connectivity index (χ0) is 12.6. The van der Waals surface area contributed by atoms with Gasteiger partial charge in [-0.2, -0.15) is 0 Å². The van der Waals surface area contributed by atoms with Crippen molar-refractivity contribution in [1.29, 1.82) is 0 Å². The van der Waals surface area contributed by atoms with Gasteiger partial charge in [-0.25, -0.2) is 0 Å². The summed E-state index contributed by atoms with van der Waals surface area (Å²) in [6.45, 7) is 0.450. The SMILES string of the molecule is NCCCCCC(O)(O[P+](=O)[O-])O[P+](=O)[O-]. The molecule has 0 heterocycles. The Balaban J connectivity index is 4.18. The van der Waals surface area contributed by atoms with Crippen molar-refractivity contribution in [2.45, 2.75) is 31.7 Å². The molecule has 0 rings (SSSR count). The van der Waals surface area contributed by atoms with E-state index in [1.165, 1.54) is 0 Å². The Labute approximate surface area is 94.3 Å². The normalized spacial score (nSPS) is 16.8. The maximum absolute atomic E-state index is 10.2. The van der Waals surface area contributed by atoms with E-state index in [0.29, 0.717) is 25.8 Å². The van der Waals surface area contributed by atoms with Crippen LogP contribution >= 0.6 is 16.5 Å². The first-order chi connectivity index (χ1) is 7.39. The van der Waals surface area contributed by atoms with Gasteiger partial charge < -0.3 is 20.6 Å². The molecule has 10 heteroatoms. The lowest BCUT2D eigenvalue weighted by Crippen LogP contribution is -2.33. The fraction of sp³-hybridized carbons (Fsp3) is 1.00. The van der Waals surface area contributed by atoms with Crippen LogP contribution in [0.3, 0.4) is 0 Å². The first-order valence-corrected chi connectivity index (χ1v) is 6.68. The van der Waals surface area contributed by atoms with E-state index in [-0.39, 0.29) is 6.42 Å². The molecule has 0 aliphatic carbocycles. The van der Waals surface area contributed by atoms with Crippen LogP contribution in [0.5, 0.6) is 0 Å². The molecule has 3 N–H and O–H groups in total. The van der Waals surface area contributed by atoms with Gasteiger partial charge in [-0.3, -0.25) is 0 Å². The molecule has 0 spiro atoms. The molecule has 2 unspecified atom stereocenters. The molecule has 0 saturated heterocycles. The van der Waals surface area contributed by atoms with Crippen LogP contribution in [-0.4, -0.2) is 17.6 Å². The van der Waals surface area contributed by atoms with Gasteiger partial charge in [0.25, 0.3) is 0 Å². The van der Waals surface area contributed by atoms with E-state index < -0.39 is 22.5 Å². The van der Waals surface area contributed by atoms with Crippen molar-refractivity contribution in [1.82, 2.24) is 0 Å². The summed E-state index contributed by atoms with van der Waals surface area (Å²) >= 11 is 0. The molecular weight excluding hydrogens is 260 g/mol. The molecule has 94 valence electrons. The van der Waals surface area contributed by atoms with Crippen LogP contribution in [0.25, 0.3) is 0 Å². The second kappa shape index (κ2) is 8.11. The highest BCUT2D eigenvalue weighted by Crippen LogP contribution is 2.32. The number of aliphatic hydroxyl groups is 1. The zero-order valence-electron chi connectivity index (χ0n) is 8.40. The fourth-order valence-electron chi connectivity index (χ4n) is 1.01. The lowest BCUT2D eigenvalue weighted by molar-refractivity contribution is -0.319. The monoisotopic (exact) mass is 273 g/mol. The standard InChI is InChI=1S/C6H13NO7P2/c7-5-3-1-2-4-6(8,13-15(9)10)14-16(11)12/h8H,1-5,7H2. The van der Waals surface area contributed by atoms with Crippen molar-refractivity contribution in [3.05, 3.63) is 0 Å². The van der Waals surface area contributed by atoms with Gasteiger partial charge in [0.2, 0.25) is 0 Å². The Morgan fingerprint density at radius 2 is 1.62 bits per heavy atom. The smallest absolute Gasteiger partial charge is 0.494 e. The van der Waals surface area contributed by atoms with E-state index >= 15 is 0 Å². The number of rotatable bonds is 9. The van der Waals surface area contributed by atoms with E-state index in [1.807, 2.05) is 0 Å². The van der Waals surface area contributed by atoms with E-state index in [1.54, 1.807) is 0 Å². The van der Waals surface area contributed by atoms with Crippen LogP contribution in [-0.2, 0) is 18.2 Å². The van der Waals surface area contributed by atoms with Crippen molar-refractivity contribution < 1.29 is 33.1 Å². The molecule has 0 aromatic carbocycles. The van der Waals surface area contributed by atoms with Crippen molar-refractivity contribution in [3.8, 4) is 0 Å². The maximum Gasteiger partial charge on any atom is 0.494 e. The second-order valence-electron chi connectivity index (χ2n) is 2.94. The van der Waals surface area contributed by atoms with E-state index in [4.69, 9.17) is 5.73 Å². The van der Waals surface area contributed by atoms with Gasteiger partial charge in [0, 0.05) is 6.42 Å². The van der Waals surface area contributed by atoms with Crippen LogP contribution in [0.1, 0.15) is 25.7 Å². The van der Waals surface area contributed by atoms with Crippen LogP contribution < -0.4 is 15.5 Å². The fourth-order valence-corrected chi connectivity index (χ4v) is 1.79. The third-order valence-electron chi connectivity index (χ3n) is 1.63. The number of unbranched alkanes of at least 4 members (excludes halogenated alkanes) is 2. The number of nitrogens with two attached hydrogens (primary N) is 1. The van der Waals surface area contributed by atoms with Crippen LogP contribution in [0.15, 0.2) is 0 Å². The summed E-state index contributed by atoms with van der Waals surface area (Å²) in [6, 6.07) is 0. The van der Waals surface area contributed by atoms with Gasteiger partial charge in [0.1, 0.15) is 0 Å². The summed E-state index contributed by atoms with van der Waals surface area (Å²) in [5, 5.41) is 9.41. The highest BCUT2D eigenvalue weighted by molar-refractivity contribution is 7.31. The quantitative estimate of drug-likeness (QED) is 0.316. The van der Waals surface area contributed by atoms with Crippen LogP contribution in [0, 0.1) is 0 Å². The van der Waals surface area contributed by atoms with Gasteiger partial charge >= 0.3 is 22.5 Å². The Morgan fingerprint density at radius 3 is 2.00 bits per heavy atom. The molecule has 0 radical (unpaired) electrons. The van der Waals surface area contributed by atoms with Crippen molar-refractivity contribution in [3.63, 3.8) is 0 Å². The molecule has 0 aliphatic rings. The molecule has 0 saturated carbocycles. The zero-order valence-corrected chi connectivity index (χ0v) is 10.2. The predicted molar refractivity (Wildman–Crippen MR) is 49.9 cm³/mol. The molecule has 8 nitrogen and oxygen atoms in total. The molecule has 0 bridgehead atoms. The third-order valence-corrected chi connectivity index (χ3v) is 2.50. The molecule has 0 aromatic rings. The summed E-state index contributed by atoms with van der Waals surface area (Å²) in [5.74, 6) is -2.64. The van der Waals surface area contributed by atoms with Crippen molar-refractivity contribution in [2.24, 2.45) is 5.73 Å². The summed E-state index contributed by atoms with van der Waals surface area (Å²) in [5.41, 5.74) is 5.22. The van der Waals surface area contributed by atoms with Gasteiger partial charge in [-0.05, 0) is 28.5 Å². The van der Waals surface area contributed by atoms with Gasteiger partial charge in [0.15, 0.2) is 0 Å². The van der Waals surface area contributed by atoms with Crippen LogP contribution in [0.4, 0.5) is 0 Å². The molecule has 16 heavy (non-hydrogen) atoms. The first-order valence-electron chi connectivity index (χ1n) is 4.49. The average Bonchev–Trinajstić information content (AvgIpc) is 2.09. The van der Waals surface area contributed by atoms with Gasteiger partial charge in [-0.15, -0.1) is 0 Å². The summed E-state index contributed by atoms with van der Waals surface area (Å²) in [6.07, 6.45) is 1.31. The Hall–Kier alpha value is -0.0400. The minimum atomic E-state index is -3.41. The Kier molecular flexibility index (Phi) is 8.09. The summed E-state index contributed by atoms with van der Waals surface area (Å²) in [7, 11) is -6.82. The van der Waals surface area contributed by atoms with Crippen LogP contribution in [0.2, 0.25) is 0 Å². The van der Waals surface area contributed by atoms with Gasteiger partial charge in [-0.1, -0.05) is 15.5 Å². The maximum atomic E-state index is 10.2. The lowest BCUT2D eigenvalue weighted by atomic mass is 10.2.